The molecule has 2 aliphatic carbocycles. The molecule has 4 atom stereocenters. The van der Waals surface area contributed by atoms with Gasteiger partial charge in [0.15, 0.2) is 23.4 Å². The number of ether oxygens (including phenoxy) is 1. The summed E-state index contributed by atoms with van der Waals surface area (Å²) in [5, 5.41) is 14.4. The lowest BCUT2D eigenvalue weighted by molar-refractivity contribution is -0.127. The Morgan fingerprint density at radius 3 is 2.97 bits per heavy atom. The zero-order valence-corrected chi connectivity index (χ0v) is 17.5. The van der Waals surface area contributed by atoms with Crippen molar-refractivity contribution in [3.8, 4) is 11.5 Å². The van der Waals surface area contributed by atoms with E-state index in [-0.39, 0.29) is 22.9 Å². The molecule has 0 aromatic heterocycles. The number of carbonyl (C=O) groups excluding carboxylic acids is 1. The highest BCUT2D eigenvalue weighted by atomic mass is 16.5. The van der Waals surface area contributed by atoms with Crippen molar-refractivity contribution >= 4 is 11.5 Å². The summed E-state index contributed by atoms with van der Waals surface area (Å²) in [5.74, 6) is 1.04. The van der Waals surface area contributed by atoms with Gasteiger partial charge in [-0.2, -0.15) is 0 Å². The van der Waals surface area contributed by atoms with Crippen molar-refractivity contribution < 1.29 is 14.6 Å². The molecule has 1 spiro atoms. The predicted molar refractivity (Wildman–Crippen MR) is 114 cm³/mol. The van der Waals surface area contributed by atoms with Gasteiger partial charge in [-0.25, -0.2) is 0 Å². The molecule has 1 aromatic carbocycles. The Kier molecular flexibility index (Phi) is 4.61. The van der Waals surface area contributed by atoms with Crippen molar-refractivity contribution in [1.29, 1.82) is 0 Å². The number of nitrogens with zero attached hydrogens (tertiary/aromatic N) is 1. The van der Waals surface area contributed by atoms with Gasteiger partial charge in [0.1, 0.15) is 0 Å². The summed E-state index contributed by atoms with van der Waals surface area (Å²) in [6.45, 7) is 4.10. The van der Waals surface area contributed by atoms with Crippen molar-refractivity contribution in [3.63, 3.8) is 0 Å². The van der Waals surface area contributed by atoms with Crippen molar-refractivity contribution in [3.05, 3.63) is 29.3 Å². The highest BCUT2D eigenvalue weighted by Crippen LogP contribution is 2.63. The van der Waals surface area contributed by atoms with E-state index in [2.05, 4.69) is 30.3 Å². The van der Waals surface area contributed by atoms with Crippen LogP contribution in [0.5, 0.6) is 11.5 Å². The minimum absolute atomic E-state index is 0.0402. The van der Waals surface area contributed by atoms with Crippen molar-refractivity contribution in [2.45, 2.75) is 69.4 Å². The van der Waals surface area contributed by atoms with Crippen LogP contribution in [0, 0.1) is 5.92 Å². The van der Waals surface area contributed by atoms with E-state index in [0.29, 0.717) is 11.8 Å². The van der Waals surface area contributed by atoms with Crippen molar-refractivity contribution in [2.24, 2.45) is 5.92 Å². The van der Waals surface area contributed by atoms with Gasteiger partial charge in [0.2, 0.25) is 0 Å². The maximum atomic E-state index is 12.8. The Morgan fingerprint density at radius 1 is 1.31 bits per heavy atom. The molecule has 1 fully saturated rings. The highest BCUT2D eigenvalue weighted by molar-refractivity contribution is 5.98. The second kappa shape index (κ2) is 7.05. The van der Waals surface area contributed by atoms with E-state index in [0.717, 1.165) is 43.6 Å². The molecule has 0 saturated carbocycles. The number of aromatic hydroxyl groups is 1. The average molecular weight is 397 g/mol. The molecular formula is C24H32N2O3. The predicted octanol–water partition coefficient (Wildman–Crippen LogP) is 3.79. The highest BCUT2D eigenvalue weighted by Gasteiger charge is 2.64. The monoisotopic (exact) mass is 396 g/mol. The van der Waals surface area contributed by atoms with Crippen LogP contribution in [0.25, 0.3) is 0 Å². The minimum atomic E-state index is -0.488. The van der Waals surface area contributed by atoms with Gasteiger partial charge in [0.05, 0.1) is 5.41 Å². The summed E-state index contributed by atoms with van der Waals surface area (Å²) in [6.07, 6.45) is 11.4. The first kappa shape index (κ1) is 19.0. The number of phenolic OH excluding ortho intramolecular Hbond substituents is 1. The molecule has 4 aliphatic rings. The van der Waals surface area contributed by atoms with Gasteiger partial charge in [-0.05, 0) is 44.5 Å². The van der Waals surface area contributed by atoms with Crippen LogP contribution in [-0.4, -0.2) is 48.1 Å². The van der Waals surface area contributed by atoms with Crippen LogP contribution < -0.4 is 10.1 Å². The number of anilines is 1. The Labute approximate surface area is 173 Å². The molecule has 0 unspecified atom stereocenters. The molecular weight excluding hydrogens is 364 g/mol. The fourth-order valence-corrected chi connectivity index (χ4v) is 6.27. The van der Waals surface area contributed by atoms with E-state index < -0.39 is 6.10 Å². The Balaban J connectivity index is 1.52. The summed E-state index contributed by atoms with van der Waals surface area (Å²) >= 11 is 0. The molecule has 2 aliphatic heterocycles. The number of hydrogen-bond donors (Lipinski definition) is 2. The third-order valence-corrected chi connectivity index (χ3v) is 7.73. The van der Waals surface area contributed by atoms with E-state index in [1.54, 1.807) is 6.08 Å². The lowest BCUT2D eigenvalue weighted by atomic mass is 9.53. The van der Waals surface area contributed by atoms with Crippen LogP contribution in [0.2, 0.25) is 0 Å². The van der Waals surface area contributed by atoms with Crippen LogP contribution in [0.3, 0.4) is 0 Å². The zero-order valence-electron chi connectivity index (χ0n) is 17.5. The first-order valence-corrected chi connectivity index (χ1v) is 11.3. The Hall–Kier alpha value is -2.01. The van der Waals surface area contributed by atoms with Gasteiger partial charge in [-0.3, -0.25) is 4.79 Å². The molecule has 5 heteroatoms. The second-order valence-corrected chi connectivity index (χ2v) is 9.29. The number of carbonyl (C=O) groups is 1. The Bertz CT molecular complexity index is 864. The molecule has 156 valence electrons. The van der Waals surface area contributed by atoms with E-state index in [1.165, 1.54) is 31.2 Å². The van der Waals surface area contributed by atoms with Gasteiger partial charge in [-0.1, -0.05) is 38.7 Å². The van der Waals surface area contributed by atoms with Crippen molar-refractivity contribution in [2.75, 3.05) is 25.5 Å². The van der Waals surface area contributed by atoms with E-state index in [4.69, 9.17) is 4.74 Å². The van der Waals surface area contributed by atoms with Gasteiger partial charge in [-0.15, -0.1) is 0 Å². The number of rotatable bonds is 7. The second-order valence-electron chi connectivity index (χ2n) is 9.29. The number of piperidine rings is 1. The maximum absolute atomic E-state index is 12.8. The van der Waals surface area contributed by atoms with Crippen LogP contribution in [-0.2, 0) is 16.6 Å². The molecule has 2 heterocycles. The summed E-state index contributed by atoms with van der Waals surface area (Å²) in [6, 6.07) is 2.19. The molecule has 5 rings (SSSR count). The van der Waals surface area contributed by atoms with E-state index in [9.17, 15) is 9.90 Å². The number of likely N-dealkylation sites (N-methyl/N-ethyl adjacent to an activating group) is 1. The normalized spacial score (nSPS) is 31.5. The molecule has 1 saturated heterocycles. The first-order valence-electron chi connectivity index (χ1n) is 11.3. The van der Waals surface area contributed by atoms with E-state index >= 15 is 0 Å². The average Bonchev–Trinajstić information content (AvgIpc) is 3.06. The largest absolute Gasteiger partial charge is 0.504 e. The molecule has 29 heavy (non-hydrogen) atoms. The smallest absolute Gasteiger partial charge is 0.196 e. The third-order valence-electron chi connectivity index (χ3n) is 7.73. The molecule has 0 amide bonds. The molecule has 2 bridgehead atoms. The summed E-state index contributed by atoms with van der Waals surface area (Å²) in [5.41, 5.74) is 3.08. The van der Waals surface area contributed by atoms with Gasteiger partial charge in [0.25, 0.3) is 0 Å². The third kappa shape index (κ3) is 2.66. The van der Waals surface area contributed by atoms with Crippen molar-refractivity contribution in [1.82, 2.24) is 4.90 Å². The van der Waals surface area contributed by atoms with E-state index in [1.807, 2.05) is 6.07 Å². The SMILES string of the molecule is CCCCCCCNc1cc(O)c2c3c1C[C@@H]1[C@@H]4C=CC(=O)[C@H](O2)[C@]34CCN1C. The molecule has 1 aromatic rings. The molecule has 0 radical (unpaired) electrons. The number of hydrogen-bond acceptors (Lipinski definition) is 5. The summed E-state index contributed by atoms with van der Waals surface area (Å²) in [4.78, 5) is 15.2. The quantitative estimate of drug-likeness (QED) is 0.687. The topological polar surface area (TPSA) is 61.8 Å². The number of unbranched alkanes of at least 4 members (excludes halogenated alkanes) is 4. The van der Waals surface area contributed by atoms with Crippen LogP contribution in [0.15, 0.2) is 18.2 Å². The summed E-state index contributed by atoms with van der Waals surface area (Å²) in [7, 11) is 2.19. The number of phenols is 1. The zero-order chi connectivity index (χ0) is 20.2. The lowest BCUT2D eigenvalue weighted by Gasteiger charge is -2.55. The number of benzene rings is 1. The number of ketones is 1. The minimum Gasteiger partial charge on any atom is -0.504 e. The standard InChI is InChI=1S/C24H32N2O3/c1-3-4-5-6-7-11-25-17-14-20(28)22-21-15(17)13-18-16-8-9-19(27)23(29-22)24(16,21)10-12-26(18)2/h8-9,14,16,18,23,25,28H,3-7,10-13H2,1-2H3/t16-,18+,23-,24-/m0/s1. The molecule has 5 nitrogen and oxygen atoms in total. The number of likely N-dealkylation sites (tertiary alicyclic amines) is 1. The van der Waals surface area contributed by atoms with Crippen LogP contribution >= 0.6 is 0 Å². The van der Waals surface area contributed by atoms with Gasteiger partial charge < -0.3 is 20.1 Å². The fourth-order valence-electron chi connectivity index (χ4n) is 6.27. The lowest BCUT2D eigenvalue weighted by Crippen LogP contribution is -2.64. The first-order chi connectivity index (χ1) is 14.1. The molecule has 2 N–H and O–H groups in total. The van der Waals surface area contributed by atoms with Crippen LogP contribution in [0.4, 0.5) is 5.69 Å². The summed E-state index contributed by atoms with van der Waals surface area (Å²) < 4.78 is 6.18. The van der Waals surface area contributed by atoms with Gasteiger partial charge in [0, 0.05) is 35.8 Å². The number of nitrogens with one attached hydrogen (secondary N) is 1. The maximum Gasteiger partial charge on any atom is 0.196 e. The fraction of sp³-hybridized carbons (Fsp3) is 0.625. The van der Waals surface area contributed by atoms with Gasteiger partial charge >= 0.3 is 0 Å². The van der Waals surface area contributed by atoms with Crippen LogP contribution in [0.1, 0.15) is 56.6 Å². The Morgan fingerprint density at radius 2 is 2.14 bits per heavy atom.